The molecule has 0 aliphatic rings. The molecule has 0 aliphatic heterocycles. The first-order valence-corrected chi connectivity index (χ1v) is 9.73. The Morgan fingerprint density at radius 2 is 1.70 bits per heavy atom. The summed E-state index contributed by atoms with van der Waals surface area (Å²) < 4.78 is 24.6. The minimum absolute atomic E-state index is 0.0185. The molecule has 0 heterocycles. The monoisotopic (exact) mass is 417 g/mol. The predicted octanol–water partition coefficient (Wildman–Crippen LogP) is 3.41. The maximum Gasteiger partial charge on any atom is 0.315 e. The van der Waals surface area contributed by atoms with Crippen LogP contribution in [0.5, 0.6) is 11.5 Å². The Bertz CT molecular complexity index is 873. The third-order valence-electron chi connectivity index (χ3n) is 4.21. The molecular formula is C22H28FN3O4. The number of urea groups is 1. The number of rotatable bonds is 9. The second kappa shape index (κ2) is 11.0. The molecule has 0 spiro atoms. The van der Waals surface area contributed by atoms with E-state index in [1.165, 1.54) is 18.2 Å². The van der Waals surface area contributed by atoms with E-state index in [0.29, 0.717) is 11.5 Å². The molecule has 0 aliphatic carbocycles. The molecule has 0 fully saturated rings. The van der Waals surface area contributed by atoms with Crippen LogP contribution in [-0.4, -0.2) is 38.2 Å². The molecule has 0 saturated heterocycles. The second-order valence-electron chi connectivity index (χ2n) is 6.93. The van der Waals surface area contributed by atoms with Crippen molar-refractivity contribution in [2.45, 2.75) is 32.9 Å². The van der Waals surface area contributed by atoms with Gasteiger partial charge < -0.3 is 25.4 Å². The van der Waals surface area contributed by atoms with Gasteiger partial charge in [-0.05, 0) is 50.6 Å². The lowest BCUT2D eigenvalue weighted by Crippen LogP contribution is -2.41. The van der Waals surface area contributed by atoms with Crippen LogP contribution >= 0.6 is 0 Å². The largest absolute Gasteiger partial charge is 0.493 e. The summed E-state index contributed by atoms with van der Waals surface area (Å²) in [6.45, 7) is 6.08. The number of hydrogen-bond donors (Lipinski definition) is 3. The standard InChI is InChI=1S/C22H28FN3O4/c1-14(2)30-19-10-9-16(13-20(19)29-4)15(3)26-22(28)25-12-11-24-21(27)17-7-5-6-8-18(17)23/h5-10,13-15H,11-12H2,1-4H3,(H,24,27)(H2,25,26,28). The summed E-state index contributed by atoms with van der Waals surface area (Å²) in [5.41, 5.74) is 0.820. The molecule has 7 nitrogen and oxygen atoms in total. The molecule has 162 valence electrons. The number of halogens is 1. The number of carbonyl (C=O) groups excluding carboxylic acids is 2. The summed E-state index contributed by atoms with van der Waals surface area (Å²) in [6.07, 6.45) is 0.0185. The molecule has 1 atom stereocenters. The van der Waals surface area contributed by atoms with E-state index in [-0.39, 0.29) is 36.8 Å². The SMILES string of the molecule is COc1cc(C(C)NC(=O)NCCNC(=O)c2ccccc2F)ccc1OC(C)C. The van der Waals surface area contributed by atoms with E-state index in [2.05, 4.69) is 16.0 Å². The number of methoxy groups -OCH3 is 1. The summed E-state index contributed by atoms with van der Waals surface area (Å²) in [4.78, 5) is 24.0. The number of hydrogen-bond acceptors (Lipinski definition) is 4. The van der Waals surface area contributed by atoms with E-state index < -0.39 is 11.7 Å². The van der Waals surface area contributed by atoms with Crippen molar-refractivity contribution in [3.8, 4) is 11.5 Å². The van der Waals surface area contributed by atoms with Crippen molar-refractivity contribution in [1.82, 2.24) is 16.0 Å². The highest BCUT2D eigenvalue weighted by atomic mass is 19.1. The summed E-state index contributed by atoms with van der Waals surface area (Å²) in [6, 6.07) is 10.5. The Labute approximate surface area is 176 Å². The van der Waals surface area contributed by atoms with Gasteiger partial charge >= 0.3 is 6.03 Å². The predicted molar refractivity (Wildman–Crippen MR) is 112 cm³/mol. The van der Waals surface area contributed by atoms with Gasteiger partial charge in [-0.25, -0.2) is 9.18 Å². The number of benzene rings is 2. The Kier molecular flexibility index (Phi) is 8.46. The number of carbonyl (C=O) groups is 2. The van der Waals surface area contributed by atoms with Gasteiger partial charge in [-0.15, -0.1) is 0 Å². The van der Waals surface area contributed by atoms with Gasteiger partial charge in [0.05, 0.1) is 24.8 Å². The van der Waals surface area contributed by atoms with Crippen LogP contribution in [0.3, 0.4) is 0 Å². The Morgan fingerprint density at radius 3 is 2.37 bits per heavy atom. The van der Waals surface area contributed by atoms with Gasteiger partial charge in [0.15, 0.2) is 11.5 Å². The van der Waals surface area contributed by atoms with E-state index in [9.17, 15) is 14.0 Å². The van der Waals surface area contributed by atoms with Crippen LogP contribution in [0.15, 0.2) is 42.5 Å². The third-order valence-corrected chi connectivity index (χ3v) is 4.21. The average Bonchev–Trinajstić information content (AvgIpc) is 2.71. The zero-order valence-corrected chi connectivity index (χ0v) is 17.6. The zero-order chi connectivity index (χ0) is 22.1. The molecule has 1 unspecified atom stereocenters. The molecule has 2 aromatic rings. The van der Waals surface area contributed by atoms with Gasteiger partial charge in [-0.1, -0.05) is 18.2 Å². The molecule has 0 saturated carbocycles. The lowest BCUT2D eigenvalue weighted by molar-refractivity contribution is 0.0949. The lowest BCUT2D eigenvalue weighted by Gasteiger charge is -2.18. The van der Waals surface area contributed by atoms with Gasteiger partial charge in [-0.3, -0.25) is 4.79 Å². The van der Waals surface area contributed by atoms with Gasteiger partial charge in [0.1, 0.15) is 5.82 Å². The number of amides is 3. The molecule has 2 rings (SSSR count). The van der Waals surface area contributed by atoms with Crippen molar-refractivity contribution in [3.63, 3.8) is 0 Å². The molecule has 3 amide bonds. The van der Waals surface area contributed by atoms with E-state index >= 15 is 0 Å². The molecule has 2 aromatic carbocycles. The topological polar surface area (TPSA) is 88.7 Å². The zero-order valence-electron chi connectivity index (χ0n) is 17.6. The van der Waals surface area contributed by atoms with Crippen LogP contribution in [0.2, 0.25) is 0 Å². The summed E-state index contributed by atoms with van der Waals surface area (Å²) >= 11 is 0. The van der Waals surface area contributed by atoms with Crippen molar-refractivity contribution >= 4 is 11.9 Å². The summed E-state index contributed by atoms with van der Waals surface area (Å²) in [5.74, 6) is 0.110. The Hall–Kier alpha value is -3.29. The first-order valence-electron chi connectivity index (χ1n) is 9.73. The highest BCUT2D eigenvalue weighted by Gasteiger charge is 2.14. The van der Waals surface area contributed by atoms with Crippen LogP contribution in [0.1, 0.15) is 42.7 Å². The van der Waals surface area contributed by atoms with Crippen molar-refractivity contribution in [2.24, 2.45) is 0 Å². The number of ether oxygens (including phenoxy) is 2. The summed E-state index contributed by atoms with van der Waals surface area (Å²) in [5, 5.41) is 8.04. The molecule has 0 aromatic heterocycles. The van der Waals surface area contributed by atoms with E-state index in [1.807, 2.05) is 39.0 Å². The van der Waals surface area contributed by atoms with Crippen molar-refractivity contribution in [3.05, 3.63) is 59.4 Å². The van der Waals surface area contributed by atoms with Crippen LogP contribution in [-0.2, 0) is 0 Å². The van der Waals surface area contributed by atoms with Crippen LogP contribution in [0.25, 0.3) is 0 Å². The van der Waals surface area contributed by atoms with Crippen LogP contribution in [0, 0.1) is 5.82 Å². The number of nitrogens with one attached hydrogen (secondary N) is 3. The minimum atomic E-state index is -0.588. The Balaban J connectivity index is 1.80. The lowest BCUT2D eigenvalue weighted by atomic mass is 10.1. The first kappa shape index (κ1) is 23.0. The van der Waals surface area contributed by atoms with Gasteiger partial charge in [-0.2, -0.15) is 0 Å². The molecule has 0 radical (unpaired) electrons. The highest BCUT2D eigenvalue weighted by molar-refractivity contribution is 5.94. The first-order chi connectivity index (χ1) is 14.3. The van der Waals surface area contributed by atoms with Gasteiger partial charge in [0.25, 0.3) is 5.91 Å². The molecular weight excluding hydrogens is 389 g/mol. The Morgan fingerprint density at radius 1 is 1.00 bits per heavy atom. The molecule has 0 bridgehead atoms. The second-order valence-corrected chi connectivity index (χ2v) is 6.93. The van der Waals surface area contributed by atoms with Crippen molar-refractivity contribution < 1.29 is 23.5 Å². The fourth-order valence-corrected chi connectivity index (χ4v) is 2.73. The van der Waals surface area contributed by atoms with Crippen molar-refractivity contribution in [2.75, 3.05) is 20.2 Å². The maximum atomic E-state index is 13.6. The molecule has 3 N–H and O–H groups in total. The smallest absolute Gasteiger partial charge is 0.315 e. The minimum Gasteiger partial charge on any atom is -0.493 e. The fraction of sp³-hybridized carbons (Fsp3) is 0.364. The average molecular weight is 417 g/mol. The van der Waals surface area contributed by atoms with E-state index in [0.717, 1.165) is 5.56 Å². The highest BCUT2D eigenvalue weighted by Crippen LogP contribution is 2.31. The molecule has 30 heavy (non-hydrogen) atoms. The van der Waals surface area contributed by atoms with Gasteiger partial charge in [0, 0.05) is 13.1 Å². The third kappa shape index (κ3) is 6.65. The van der Waals surface area contributed by atoms with E-state index in [4.69, 9.17) is 9.47 Å². The van der Waals surface area contributed by atoms with Gasteiger partial charge in [0.2, 0.25) is 0 Å². The summed E-state index contributed by atoms with van der Waals surface area (Å²) in [7, 11) is 1.56. The maximum absolute atomic E-state index is 13.6. The normalized spacial score (nSPS) is 11.5. The quantitative estimate of drug-likeness (QED) is 0.546. The van der Waals surface area contributed by atoms with Crippen LogP contribution < -0.4 is 25.4 Å². The van der Waals surface area contributed by atoms with Crippen molar-refractivity contribution in [1.29, 1.82) is 0 Å². The van der Waals surface area contributed by atoms with Crippen LogP contribution in [0.4, 0.5) is 9.18 Å². The molecule has 8 heteroatoms. The fourth-order valence-electron chi connectivity index (χ4n) is 2.73. The van der Waals surface area contributed by atoms with E-state index in [1.54, 1.807) is 13.2 Å².